The summed E-state index contributed by atoms with van der Waals surface area (Å²) in [6.45, 7) is 7.78. The maximum atomic E-state index is 11.4. The minimum atomic E-state index is -0.169. The van der Waals surface area contributed by atoms with Gasteiger partial charge < -0.3 is 5.32 Å². The predicted octanol–water partition coefficient (Wildman–Crippen LogP) is 1.33. The van der Waals surface area contributed by atoms with Crippen molar-refractivity contribution in [3.05, 3.63) is 28.4 Å². The molecule has 16 heavy (non-hydrogen) atoms. The first kappa shape index (κ1) is 12.9. The Morgan fingerprint density at radius 2 is 2.12 bits per heavy atom. The van der Waals surface area contributed by atoms with Gasteiger partial charge in [-0.2, -0.15) is 0 Å². The number of rotatable bonds is 6. The zero-order chi connectivity index (χ0) is 12.0. The fourth-order valence-corrected chi connectivity index (χ4v) is 1.69. The van der Waals surface area contributed by atoms with Gasteiger partial charge in [0.05, 0.1) is 0 Å². The summed E-state index contributed by atoms with van der Waals surface area (Å²) in [5.74, 6) is 0. The van der Waals surface area contributed by atoms with Crippen molar-refractivity contribution >= 4 is 0 Å². The van der Waals surface area contributed by atoms with E-state index >= 15 is 0 Å². The van der Waals surface area contributed by atoms with E-state index in [2.05, 4.69) is 24.1 Å². The fourth-order valence-electron chi connectivity index (χ4n) is 1.69. The molecule has 4 heteroatoms. The number of hydrogen-bond donors (Lipinski definition) is 1. The number of hydrogen-bond acceptors (Lipinski definition) is 3. The lowest BCUT2D eigenvalue weighted by molar-refractivity contribution is 0.460. The van der Waals surface area contributed by atoms with E-state index in [0.29, 0.717) is 12.6 Å². The van der Waals surface area contributed by atoms with Gasteiger partial charge in [-0.3, -0.25) is 4.57 Å². The Morgan fingerprint density at radius 1 is 1.44 bits per heavy atom. The van der Waals surface area contributed by atoms with Gasteiger partial charge in [0.25, 0.3) is 0 Å². The Kier molecular flexibility index (Phi) is 5.19. The molecule has 0 aliphatic heterocycles. The second-order valence-electron chi connectivity index (χ2n) is 4.07. The van der Waals surface area contributed by atoms with Crippen LogP contribution < -0.4 is 11.0 Å². The number of nitrogens with one attached hydrogen (secondary N) is 1. The molecule has 1 N–H and O–H groups in total. The van der Waals surface area contributed by atoms with Crippen molar-refractivity contribution in [2.24, 2.45) is 0 Å². The van der Waals surface area contributed by atoms with E-state index < -0.39 is 0 Å². The summed E-state index contributed by atoms with van der Waals surface area (Å²) in [5.41, 5.74) is 0.846. The molecule has 0 spiro atoms. The summed E-state index contributed by atoms with van der Waals surface area (Å²) in [5, 5.41) is 3.43. The third kappa shape index (κ3) is 3.77. The largest absolute Gasteiger partial charge is 0.347 e. The molecule has 1 aromatic rings. The summed E-state index contributed by atoms with van der Waals surface area (Å²) in [4.78, 5) is 15.2. The lowest BCUT2D eigenvalue weighted by Crippen LogP contribution is -2.33. The van der Waals surface area contributed by atoms with Gasteiger partial charge in [-0.25, -0.2) is 9.78 Å². The average molecular weight is 223 g/mol. The SMILES string of the molecule is CCC(CC)NCCn1cc(C)cnc1=O. The number of aryl methyl sites for hydroxylation is 1. The summed E-state index contributed by atoms with van der Waals surface area (Å²) in [6.07, 6.45) is 5.70. The first-order chi connectivity index (χ1) is 7.67. The number of aromatic nitrogens is 2. The van der Waals surface area contributed by atoms with Crippen molar-refractivity contribution in [2.75, 3.05) is 6.54 Å². The molecule has 0 atom stereocenters. The van der Waals surface area contributed by atoms with E-state index in [1.165, 1.54) is 0 Å². The van der Waals surface area contributed by atoms with Crippen LogP contribution in [0.5, 0.6) is 0 Å². The Hall–Kier alpha value is -1.16. The minimum Gasteiger partial charge on any atom is -0.312 e. The standard InChI is InChI=1S/C12H21N3O/c1-4-11(5-2)13-6-7-15-9-10(3)8-14-12(15)16/h8-9,11,13H,4-7H2,1-3H3. The predicted molar refractivity (Wildman–Crippen MR) is 65.6 cm³/mol. The normalized spacial score (nSPS) is 11.0. The highest BCUT2D eigenvalue weighted by atomic mass is 16.1. The molecule has 4 nitrogen and oxygen atoms in total. The van der Waals surface area contributed by atoms with Crippen molar-refractivity contribution in [1.29, 1.82) is 0 Å². The maximum Gasteiger partial charge on any atom is 0.347 e. The van der Waals surface area contributed by atoms with Crippen LogP contribution in [0.1, 0.15) is 32.3 Å². The highest BCUT2D eigenvalue weighted by molar-refractivity contribution is 4.99. The second-order valence-corrected chi connectivity index (χ2v) is 4.07. The first-order valence-electron chi connectivity index (χ1n) is 5.93. The molecule has 0 aromatic carbocycles. The van der Waals surface area contributed by atoms with Gasteiger partial charge in [-0.05, 0) is 25.3 Å². The van der Waals surface area contributed by atoms with Gasteiger partial charge in [-0.15, -0.1) is 0 Å². The molecule has 0 amide bonds. The Labute approximate surface area is 96.7 Å². The quantitative estimate of drug-likeness (QED) is 0.791. The summed E-state index contributed by atoms with van der Waals surface area (Å²) >= 11 is 0. The molecule has 1 rings (SSSR count). The first-order valence-corrected chi connectivity index (χ1v) is 5.93. The van der Waals surface area contributed by atoms with Gasteiger partial charge >= 0.3 is 5.69 Å². The maximum absolute atomic E-state index is 11.4. The van der Waals surface area contributed by atoms with Crippen LogP contribution in [0.3, 0.4) is 0 Å². The topological polar surface area (TPSA) is 46.9 Å². The van der Waals surface area contributed by atoms with Gasteiger partial charge in [0.1, 0.15) is 0 Å². The lowest BCUT2D eigenvalue weighted by Gasteiger charge is -2.14. The summed E-state index contributed by atoms with van der Waals surface area (Å²) < 4.78 is 1.66. The molecule has 1 aromatic heterocycles. The zero-order valence-electron chi connectivity index (χ0n) is 10.4. The summed E-state index contributed by atoms with van der Waals surface area (Å²) in [7, 11) is 0. The monoisotopic (exact) mass is 223 g/mol. The van der Waals surface area contributed by atoms with Crippen molar-refractivity contribution in [2.45, 2.75) is 46.2 Å². The highest BCUT2D eigenvalue weighted by Gasteiger charge is 2.02. The molecule has 0 radical (unpaired) electrons. The molecule has 0 unspecified atom stereocenters. The lowest BCUT2D eigenvalue weighted by atomic mass is 10.2. The average Bonchev–Trinajstić information content (AvgIpc) is 2.29. The van der Waals surface area contributed by atoms with Crippen LogP contribution in [0.4, 0.5) is 0 Å². The van der Waals surface area contributed by atoms with Crippen LogP contribution in [-0.4, -0.2) is 22.1 Å². The Balaban J connectivity index is 2.48. The minimum absolute atomic E-state index is 0.169. The summed E-state index contributed by atoms with van der Waals surface area (Å²) in [6, 6.07) is 0.550. The van der Waals surface area contributed by atoms with E-state index in [4.69, 9.17) is 0 Å². The zero-order valence-corrected chi connectivity index (χ0v) is 10.4. The van der Waals surface area contributed by atoms with Gasteiger partial charge in [0.15, 0.2) is 0 Å². The van der Waals surface area contributed by atoms with Crippen molar-refractivity contribution in [1.82, 2.24) is 14.9 Å². The Morgan fingerprint density at radius 3 is 2.75 bits per heavy atom. The van der Waals surface area contributed by atoms with Gasteiger partial charge in [0.2, 0.25) is 0 Å². The molecule has 0 saturated carbocycles. The molecule has 0 aliphatic carbocycles. The Bertz CT molecular complexity index is 369. The molecular formula is C12H21N3O. The van der Waals surface area contributed by atoms with Gasteiger partial charge in [-0.1, -0.05) is 13.8 Å². The molecule has 0 aliphatic rings. The molecule has 0 saturated heterocycles. The smallest absolute Gasteiger partial charge is 0.312 e. The molecule has 90 valence electrons. The number of nitrogens with zero attached hydrogens (tertiary/aromatic N) is 2. The third-order valence-corrected chi connectivity index (χ3v) is 2.76. The van der Waals surface area contributed by atoms with Gasteiger partial charge in [0, 0.05) is 31.5 Å². The molecule has 0 fully saturated rings. The van der Waals surface area contributed by atoms with E-state index in [1.54, 1.807) is 10.8 Å². The van der Waals surface area contributed by atoms with E-state index in [1.807, 2.05) is 13.1 Å². The van der Waals surface area contributed by atoms with E-state index in [9.17, 15) is 4.79 Å². The van der Waals surface area contributed by atoms with Crippen molar-refractivity contribution in [3.63, 3.8) is 0 Å². The fraction of sp³-hybridized carbons (Fsp3) is 0.667. The van der Waals surface area contributed by atoms with Crippen LogP contribution in [-0.2, 0) is 6.54 Å². The van der Waals surface area contributed by atoms with Crippen LogP contribution in [0.15, 0.2) is 17.2 Å². The molecule has 0 bridgehead atoms. The van der Waals surface area contributed by atoms with Crippen molar-refractivity contribution in [3.8, 4) is 0 Å². The third-order valence-electron chi connectivity index (χ3n) is 2.76. The van der Waals surface area contributed by atoms with Crippen LogP contribution in [0, 0.1) is 6.92 Å². The second kappa shape index (κ2) is 6.43. The van der Waals surface area contributed by atoms with Crippen LogP contribution in [0.2, 0.25) is 0 Å². The molecule has 1 heterocycles. The molecular weight excluding hydrogens is 202 g/mol. The highest BCUT2D eigenvalue weighted by Crippen LogP contribution is 1.95. The van der Waals surface area contributed by atoms with Crippen molar-refractivity contribution < 1.29 is 0 Å². The van der Waals surface area contributed by atoms with Crippen LogP contribution >= 0.6 is 0 Å². The van der Waals surface area contributed by atoms with E-state index in [-0.39, 0.29) is 5.69 Å². The van der Waals surface area contributed by atoms with Crippen LogP contribution in [0.25, 0.3) is 0 Å². The van der Waals surface area contributed by atoms with E-state index in [0.717, 1.165) is 24.9 Å².